The molecule has 0 unspecified atom stereocenters. The second-order valence-corrected chi connectivity index (χ2v) is 5.92. The summed E-state index contributed by atoms with van der Waals surface area (Å²) >= 11 is 0. The molecule has 4 aromatic rings. The molecule has 0 atom stereocenters. The second kappa shape index (κ2) is 6.83. The van der Waals surface area contributed by atoms with Gasteiger partial charge in [0.1, 0.15) is 11.4 Å². The number of anilines is 1. The van der Waals surface area contributed by atoms with E-state index < -0.39 is 0 Å². The van der Waals surface area contributed by atoms with Crippen LogP contribution < -0.4 is 10.1 Å². The lowest BCUT2D eigenvalue weighted by Crippen LogP contribution is -2.13. The number of pyridine rings is 1. The minimum atomic E-state index is -0.291. The largest absolute Gasteiger partial charge is 0.497 e. The number of hydrogen-bond acceptors (Lipinski definition) is 6. The maximum absolute atomic E-state index is 12.6. The molecule has 0 radical (unpaired) electrons. The van der Waals surface area contributed by atoms with Gasteiger partial charge in [-0.25, -0.2) is 9.67 Å². The Morgan fingerprint density at radius 1 is 1.11 bits per heavy atom. The molecule has 0 aliphatic heterocycles. The number of amides is 1. The topological polar surface area (TPSA) is 94.8 Å². The molecule has 1 amide bonds. The van der Waals surface area contributed by atoms with E-state index in [9.17, 15) is 4.79 Å². The van der Waals surface area contributed by atoms with Crippen molar-refractivity contribution >= 4 is 22.5 Å². The van der Waals surface area contributed by atoms with Crippen molar-refractivity contribution in [3.8, 4) is 17.1 Å². The molecule has 8 nitrogen and oxygen atoms in total. The third-order valence-corrected chi connectivity index (χ3v) is 4.13. The van der Waals surface area contributed by atoms with E-state index in [2.05, 4.69) is 25.8 Å². The number of ether oxygens (including phenoxy) is 1. The highest BCUT2D eigenvalue weighted by molar-refractivity contribution is 6.04. The number of benzene rings is 2. The lowest BCUT2D eigenvalue weighted by Gasteiger charge is -2.08. The van der Waals surface area contributed by atoms with E-state index in [0.717, 1.165) is 22.2 Å². The fourth-order valence-electron chi connectivity index (χ4n) is 2.76. The number of aryl methyl sites for hydroxylation is 1. The van der Waals surface area contributed by atoms with Crippen LogP contribution in [0.5, 0.6) is 5.75 Å². The number of nitrogens with one attached hydrogen (secondary N) is 1. The molecular formula is C19H16N6O2. The van der Waals surface area contributed by atoms with Crippen LogP contribution in [-0.2, 0) is 7.05 Å². The summed E-state index contributed by atoms with van der Waals surface area (Å²) in [6, 6.07) is 16.4. The Hall–Kier alpha value is -3.81. The number of aromatic nitrogens is 5. The van der Waals surface area contributed by atoms with Crippen LogP contribution in [0, 0.1) is 0 Å². The van der Waals surface area contributed by atoms with Gasteiger partial charge < -0.3 is 10.1 Å². The van der Waals surface area contributed by atoms with Gasteiger partial charge in [-0.2, -0.15) is 0 Å². The van der Waals surface area contributed by atoms with Crippen molar-refractivity contribution < 1.29 is 9.53 Å². The van der Waals surface area contributed by atoms with E-state index in [4.69, 9.17) is 4.74 Å². The average molecular weight is 360 g/mol. The van der Waals surface area contributed by atoms with Crippen LogP contribution in [0.15, 0.2) is 54.6 Å². The zero-order valence-corrected chi connectivity index (χ0v) is 14.7. The normalized spacial score (nSPS) is 10.7. The van der Waals surface area contributed by atoms with Gasteiger partial charge in [0.05, 0.1) is 12.6 Å². The van der Waals surface area contributed by atoms with Gasteiger partial charge in [0.2, 0.25) is 0 Å². The second-order valence-electron chi connectivity index (χ2n) is 5.92. The molecule has 0 saturated carbocycles. The molecule has 2 heterocycles. The molecule has 0 saturated heterocycles. The quantitative estimate of drug-likeness (QED) is 0.601. The Morgan fingerprint density at radius 3 is 2.78 bits per heavy atom. The first-order valence-electron chi connectivity index (χ1n) is 8.23. The fourth-order valence-corrected chi connectivity index (χ4v) is 2.76. The Balaban J connectivity index is 1.59. The van der Waals surface area contributed by atoms with Crippen molar-refractivity contribution in [2.45, 2.75) is 0 Å². The van der Waals surface area contributed by atoms with Crippen molar-refractivity contribution in [3.05, 3.63) is 60.3 Å². The lowest BCUT2D eigenvalue weighted by atomic mass is 10.1. The Labute approximate surface area is 154 Å². The molecule has 2 aromatic heterocycles. The summed E-state index contributed by atoms with van der Waals surface area (Å²) in [5.41, 5.74) is 2.50. The number of fused-ring (bicyclic) bond motifs is 1. The maximum Gasteiger partial charge on any atom is 0.274 e. The molecule has 134 valence electrons. The van der Waals surface area contributed by atoms with Gasteiger partial charge in [0.25, 0.3) is 5.91 Å². The molecule has 0 spiro atoms. The first-order valence-corrected chi connectivity index (χ1v) is 8.23. The van der Waals surface area contributed by atoms with Crippen molar-refractivity contribution in [1.29, 1.82) is 0 Å². The molecule has 1 N–H and O–H groups in total. The molecule has 8 heteroatoms. The predicted molar refractivity (Wildman–Crippen MR) is 100 cm³/mol. The van der Waals surface area contributed by atoms with Gasteiger partial charge in [-0.15, -0.1) is 5.10 Å². The van der Waals surface area contributed by atoms with Crippen LogP contribution in [0.2, 0.25) is 0 Å². The Bertz CT molecular complexity index is 1140. The number of hydrogen-bond donors (Lipinski definition) is 1. The Kier molecular flexibility index (Phi) is 4.21. The summed E-state index contributed by atoms with van der Waals surface area (Å²) in [5, 5.41) is 15.2. The standard InChI is InChI=1S/C19H16N6O2/c1-25-18(22-23-24-25)13-4-3-5-14(10-13)20-19(26)17-8-6-12-11-15(27-2)7-9-16(12)21-17/h3-11H,1-2H3,(H,20,26). The molecule has 0 aliphatic rings. The minimum absolute atomic E-state index is 0.291. The van der Waals surface area contributed by atoms with Crippen molar-refractivity contribution in [1.82, 2.24) is 25.2 Å². The van der Waals surface area contributed by atoms with E-state index >= 15 is 0 Å². The van der Waals surface area contributed by atoms with Gasteiger partial charge in [-0.3, -0.25) is 4.79 Å². The van der Waals surface area contributed by atoms with Crippen molar-refractivity contribution in [2.24, 2.45) is 7.05 Å². The number of carbonyl (C=O) groups is 1. The molecule has 0 fully saturated rings. The third kappa shape index (κ3) is 3.32. The van der Waals surface area contributed by atoms with Gasteiger partial charge in [-0.1, -0.05) is 18.2 Å². The maximum atomic E-state index is 12.6. The Morgan fingerprint density at radius 2 is 2.00 bits per heavy atom. The molecular weight excluding hydrogens is 344 g/mol. The summed E-state index contributed by atoms with van der Waals surface area (Å²) in [4.78, 5) is 17.0. The third-order valence-electron chi connectivity index (χ3n) is 4.13. The zero-order chi connectivity index (χ0) is 18.8. The first kappa shape index (κ1) is 16.6. The first-order chi connectivity index (χ1) is 13.1. The molecule has 4 rings (SSSR count). The summed E-state index contributed by atoms with van der Waals surface area (Å²) in [6.07, 6.45) is 0. The number of nitrogens with zero attached hydrogens (tertiary/aromatic N) is 5. The highest BCUT2D eigenvalue weighted by atomic mass is 16.5. The molecule has 0 bridgehead atoms. The monoisotopic (exact) mass is 360 g/mol. The van der Waals surface area contributed by atoms with Crippen molar-refractivity contribution in [2.75, 3.05) is 12.4 Å². The molecule has 0 aliphatic carbocycles. The van der Waals surface area contributed by atoms with Crippen LogP contribution >= 0.6 is 0 Å². The van der Waals surface area contributed by atoms with E-state index in [1.807, 2.05) is 42.5 Å². The highest BCUT2D eigenvalue weighted by Crippen LogP contribution is 2.22. The predicted octanol–water partition coefficient (Wildman–Crippen LogP) is 2.69. The highest BCUT2D eigenvalue weighted by Gasteiger charge is 2.11. The summed E-state index contributed by atoms with van der Waals surface area (Å²) < 4.78 is 6.78. The lowest BCUT2D eigenvalue weighted by molar-refractivity contribution is 0.102. The van der Waals surface area contributed by atoms with Crippen LogP contribution in [-0.4, -0.2) is 38.2 Å². The van der Waals surface area contributed by atoms with Gasteiger partial charge in [0, 0.05) is 23.7 Å². The molecule has 27 heavy (non-hydrogen) atoms. The SMILES string of the molecule is COc1ccc2nc(C(=O)Nc3cccc(-c4nnnn4C)c3)ccc2c1. The average Bonchev–Trinajstić information content (AvgIpc) is 3.13. The number of methoxy groups -OCH3 is 1. The number of rotatable bonds is 4. The van der Waals surface area contributed by atoms with Gasteiger partial charge in [-0.05, 0) is 46.8 Å². The van der Waals surface area contributed by atoms with Crippen LogP contribution in [0.3, 0.4) is 0 Å². The van der Waals surface area contributed by atoms with Crippen LogP contribution in [0.4, 0.5) is 5.69 Å². The molecule has 2 aromatic carbocycles. The minimum Gasteiger partial charge on any atom is -0.497 e. The van der Waals surface area contributed by atoms with Gasteiger partial charge >= 0.3 is 0 Å². The number of carbonyl (C=O) groups excluding carboxylic acids is 1. The summed E-state index contributed by atoms with van der Waals surface area (Å²) in [7, 11) is 3.37. The van der Waals surface area contributed by atoms with Gasteiger partial charge in [0.15, 0.2) is 5.82 Å². The van der Waals surface area contributed by atoms with E-state index in [1.54, 1.807) is 31.0 Å². The van der Waals surface area contributed by atoms with Crippen LogP contribution in [0.1, 0.15) is 10.5 Å². The summed E-state index contributed by atoms with van der Waals surface area (Å²) in [5.74, 6) is 1.07. The van der Waals surface area contributed by atoms with Crippen molar-refractivity contribution in [3.63, 3.8) is 0 Å². The summed E-state index contributed by atoms with van der Waals surface area (Å²) in [6.45, 7) is 0. The van der Waals surface area contributed by atoms with Crippen LogP contribution in [0.25, 0.3) is 22.3 Å². The zero-order valence-electron chi connectivity index (χ0n) is 14.7. The van der Waals surface area contributed by atoms with E-state index in [1.165, 1.54) is 0 Å². The smallest absolute Gasteiger partial charge is 0.274 e. The van der Waals surface area contributed by atoms with E-state index in [-0.39, 0.29) is 5.91 Å². The van der Waals surface area contributed by atoms with E-state index in [0.29, 0.717) is 17.2 Å². The fraction of sp³-hybridized carbons (Fsp3) is 0.105. The number of tetrazole rings is 1.